The summed E-state index contributed by atoms with van der Waals surface area (Å²) in [6.07, 6.45) is 2.85. The van der Waals surface area contributed by atoms with Crippen LogP contribution in [0.3, 0.4) is 0 Å². The molecule has 3 N–H and O–H groups in total. The van der Waals surface area contributed by atoms with E-state index in [2.05, 4.69) is 137 Å². The molecule has 0 radical (unpaired) electrons. The first-order valence-electron chi connectivity index (χ1n) is 15.2. The molecule has 0 spiro atoms. The van der Waals surface area contributed by atoms with Crippen molar-refractivity contribution < 1.29 is 0 Å². The van der Waals surface area contributed by atoms with Crippen LogP contribution in [0.15, 0.2) is 157 Å². The van der Waals surface area contributed by atoms with Crippen molar-refractivity contribution in [1.29, 1.82) is 5.41 Å². The molecule has 0 saturated carbocycles. The van der Waals surface area contributed by atoms with Crippen molar-refractivity contribution >= 4 is 28.4 Å². The average molecular weight is 582 g/mol. The molecule has 45 heavy (non-hydrogen) atoms. The van der Waals surface area contributed by atoms with Crippen LogP contribution in [0.4, 0.5) is 0 Å². The lowest BCUT2D eigenvalue weighted by atomic mass is 9.92. The number of aliphatic imine (C=N–C) groups is 1. The van der Waals surface area contributed by atoms with Crippen LogP contribution >= 0.6 is 0 Å². The van der Waals surface area contributed by atoms with Gasteiger partial charge in [-0.1, -0.05) is 146 Å². The van der Waals surface area contributed by atoms with Gasteiger partial charge < -0.3 is 11.1 Å². The highest BCUT2D eigenvalue weighted by Crippen LogP contribution is 2.54. The molecule has 2 heterocycles. The molecule has 6 aromatic carbocycles. The molecule has 2 aliphatic rings. The van der Waals surface area contributed by atoms with Crippen LogP contribution in [0.5, 0.6) is 0 Å². The van der Waals surface area contributed by atoms with Crippen molar-refractivity contribution in [2.75, 3.05) is 0 Å². The highest BCUT2D eigenvalue weighted by atomic mass is 15.9. The van der Waals surface area contributed by atoms with Crippen molar-refractivity contribution in [2.45, 2.75) is 12.3 Å². The van der Waals surface area contributed by atoms with Crippen molar-refractivity contribution in [1.82, 2.24) is 10.0 Å². The predicted molar refractivity (Wildman–Crippen MR) is 184 cm³/mol. The summed E-state index contributed by atoms with van der Waals surface area (Å²) < 4.78 is 0. The number of nitrogens with one attached hydrogen (secondary N) is 1. The van der Waals surface area contributed by atoms with E-state index in [0.717, 1.165) is 22.5 Å². The van der Waals surface area contributed by atoms with E-state index in [4.69, 9.17) is 16.1 Å². The van der Waals surface area contributed by atoms with Crippen molar-refractivity contribution in [3.8, 4) is 22.3 Å². The molecule has 0 bridgehead atoms. The Hall–Kier alpha value is -5.78. The van der Waals surface area contributed by atoms with Gasteiger partial charge in [0.2, 0.25) is 0 Å². The second-order valence-corrected chi connectivity index (χ2v) is 11.4. The van der Waals surface area contributed by atoms with E-state index in [0.29, 0.717) is 5.57 Å². The quantitative estimate of drug-likeness (QED) is 0.146. The van der Waals surface area contributed by atoms with Crippen LogP contribution in [0, 0.1) is 5.41 Å². The largest absolute Gasteiger partial charge is 0.404 e. The molecule has 2 aliphatic heterocycles. The molecule has 8 rings (SSSR count). The number of benzene rings is 6. The SMILES string of the molecule is N=C/C(=C\N)c1ccc(-c2cccc3c(-c4ccc(C5N=C(c6ccccc6)N6C(c7ccccc7)N56)cc4)cccc23)cc1. The standard InChI is InChI=1S/C40H31N5/c41-25-33(26-42)27-17-19-28(20-18-27)34-13-7-16-37-35(14-8-15-36(34)37)29-21-23-31(24-22-29)39-43-38(30-9-3-1-4-10-30)44-40(45(39)44)32-11-5-2-6-12-32/h1-26,39-41H,42H2/b33-26+,41-25?. The van der Waals surface area contributed by atoms with Crippen molar-refractivity contribution in [3.05, 3.63) is 174 Å². The molecule has 216 valence electrons. The number of amidine groups is 1. The van der Waals surface area contributed by atoms with Gasteiger partial charge in [-0.2, -0.15) is 5.01 Å². The molecule has 3 unspecified atom stereocenters. The molecular formula is C40H31N5. The van der Waals surface area contributed by atoms with Crippen LogP contribution in [0.1, 0.15) is 34.6 Å². The van der Waals surface area contributed by atoms with Crippen molar-refractivity contribution in [3.63, 3.8) is 0 Å². The average Bonchev–Trinajstić information content (AvgIpc) is 3.72. The van der Waals surface area contributed by atoms with Gasteiger partial charge in [0.1, 0.15) is 18.2 Å². The second-order valence-electron chi connectivity index (χ2n) is 11.4. The van der Waals surface area contributed by atoms with Crippen LogP contribution in [0.2, 0.25) is 0 Å². The molecular weight excluding hydrogens is 550 g/mol. The summed E-state index contributed by atoms with van der Waals surface area (Å²) >= 11 is 0. The fourth-order valence-electron chi connectivity index (χ4n) is 6.55. The lowest BCUT2D eigenvalue weighted by Gasteiger charge is -2.14. The zero-order valence-corrected chi connectivity index (χ0v) is 24.6. The number of hydrogen-bond donors (Lipinski definition) is 2. The lowest BCUT2D eigenvalue weighted by molar-refractivity contribution is 0.341. The highest BCUT2D eigenvalue weighted by Gasteiger charge is 2.57. The number of fused-ring (bicyclic) bond motifs is 2. The van der Waals surface area contributed by atoms with E-state index >= 15 is 0 Å². The monoisotopic (exact) mass is 581 g/mol. The Bertz CT molecular complexity index is 2080. The minimum absolute atomic E-state index is 0.0798. The fraction of sp³-hybridized carbons (Fsp3) is 0.0500. The van der Waals surface area contributed by atoms with E-state index in [-0.39, 0.29) is 12.3 Å². The summed E-state index contributed by atoms with van der Waals surface area (Å²) in [6, 6.07) is 51.3. The first kappa shape index (κ1) is 26.8. The molecule has 1 fully saturated rings. The first-order chi connectivity index (χ1) is 22.2. The number of nitrogens with two attached hydrogens (primary N) is 1. The normalized spacial score (nSPS) is 18.8. The first-order valence-corrected chi connectivity index (χ1v) is 15.2. The smallest absolute Gasteiger partial charge is 0.150 e. The van der Waals surface area contributed by atoms with Crippen LogP contribution in [-0.2, 0) is 0 Å². The van der Waals surface area contributed by atoms with E-state index < -0.39 is 0 Å². The maximum Gasteiger partial charge on any atom is 0.150 e. The zero-order valence-electron chi connectivity index (χ0n) is 24.6. The number of allylic oxidation sites excluding steroid dienone is 1. The van der Waals surface area contributed by atoms with E-state index in [9.17, 15) is 0 Å². The minimum Gasteiger partial charge on any atom is -0.404 e. The molecule has 0 aromatic heterocycles. The maximum absolute atomic E-state index is 7.61. The van der Waals surface area contributed by atoms with Crippen molar-refractivity contribution in [2.24, 2.45) is 10.7 Å². The third-order valence-electron chi connectivity index (χ3n) is 8.82. The van der Waals surface area contributed by atoms with Gasteiger partial charge in [-0.05, 0) is 49.7 Å². The molecule has 3 atom stereocenters. The summed E-state index contributed by atoms with van der Waals surface area (Å²) in [5.74, 6) is 1.02. The lowest BCUT2D eigenvalue weighted by Crippen LogP contribution is -2.11. The van der Waals surface area contributed by atoms with Gasteiger partial charge in [-0.3, -0.25) is 5.01 Å². The highest BCUT2D eigenvalue weighted by molar-refractivity contribution is 6.08. The second kappa shape index (κ2) is 11.1. The Morgan fingerprint density at radius 2 is 1.18 bits per heavy atom. The molecule has 5 heteroatoms. The van der Waals surface area contributed by atoms with Crippen LogP contribution in [0.25, 0.3) is 38.6 Å². The molecule has 6 aromatic rings. The summed E-state index contributed by atoms with van der Waals surface area (Å²) in [4.78, 5) is 5.21. The van der Waals surface area contributed by atoms with E-state index in [1.165, 1.54) is 51.0 Å². The van der Waals surface area contributed by atoms with E-state index in [1.807, 2.05) is 18.2 Å². The van der Waals surface area contributed by atoms with E-state index in [1.54, 1.807) is 0 Å². The summed E-state index contributed by atoms with van der Waals surface area (Å²) in [5, 5.41) is 14.7. The number of hydrazine groups is 1. The maximum atomic E-state index is 7.61. The topological polar surface area (TPSA) is 68.3 Å². The molecule has 5 nitrogen and oxygen atoms in total. The van der Waals surface area contributed by atoms with Crippen LogP contribution < -0.4 is 5.73 Å². The third-order valence-corrected chi connectivity index (χ3v) is 8.82. The van der Waals surface area contributed by atoms with Gasteiger partial charge in [0.15, 0.2) is 0 Å². The number of hydrogen-bond acceptors (Lipinski definition) is 5. The van der Waals surface area contributed by atoms with Gasteiger partial charge >= 0.3 is 0 Å². The Morgan fingerprint density at radius 3 is 1.76 bits per heavy atom. The van der Waals surface area contributed by atoms with Gasteiger partial charge in [-0.15, -0.1) is 0 Å². The Balaban J connectivity index is 1.13. The Morgan fingerprint density at radius 1 is 0.600 bits per heavy atom. The Kier molecular flexibility index (Phi) is 6.59. The molecule has 0 aliphatic carbocycles. The third kappa shape index (κ3) is 4.62. The van der Waals surface area contributed by atoms with Gasteiger partial charge in [-0.25, -0.2) is 4.99 Å². The van der Waals surface area contributed by atoms with Gasteiger partial charge in [0.25, 0.3) is 0 Å². The molecule has 0 amide bonds. The zero-order chi connectivity index (χ0) is 30.3. The van der Waals surface area contributed by atoms with Gasteiger partial charge in [0, 0.05) is 23.6 Å². The summed E-state index contributed by atoms with van der Waals surface area (Å²) in [5.41, 5.74) is 15.6. The van der Waals surface area contributed by atoms with Crippen LogP contribution in [-0.4, -0.2) is 22.1 Å². The number of rotatable bonds is 7. The molecule has 1 saturated heterocycles. The fourth-order valence-corrected chi connectivity index (χ4v) is 6.55. The van der Waals surface area contributed by atoms with Gasteiger partial charge in [0.05, 0.1) is 0 Å². The minimum atomic E-state index is -0.0798. The number of nitrogens with zero attached hydrogens (tertiary/aromatic N) is 3. The summed E-state index contributed by atoms with van der Waals surface area (Å²) in [6.45, 7) is 0. The summed E-state index contributed by atoms with van der Waals surface area (Å²) in [7, 11) is 0. The predicted octanol–water partition coefficient (Wildman–Crippen LogP) is 8.81. The Labute approximate surface area is 262 Å².